The van der Waals surface area contributed by atoms with Crippen LogP contribution in [0.5, 0.6) is 0 Å². The molecule has 0 radical (unpaired) electrons. The second-order valence-corrected chi connectivity index (χ2v) is 8.54. The van der Waals surface area contributed by atoms with Gasteiger partial charge in [-0.1, -0.05) is 20.8 Å². The fourth-order valence-electron chi connectivity index (χ4n) is 2.91. The van der Waals surface area contributed by atoms with E-state index in [1.807, 2.05) is 53.4 Å². The lowest BCUT2D eigenvalue weighted by molar-refractivity contribution is -0.129. The highest BCUT2D eigenvalue weighted by Gasteiger charge is 2.26. The maximum atomic E-state index is 12.1. The molecular formula is C20H39N5O3. The molecule has 8 nitrogen and oxygen atoms in total. The molecule has 162 valence electrons. The summed E-state index contributed by atoms with van der Waals surface area (Å²) in [5.74, 6) is 1.10. The van der Waals surface area contributed by atoms with Crippen molar-refractivity contribution in [3.05, 3.63) is 0 Å². The Hall–Kier alpha value is -1.99. The topological polar surface area (TPSA) is 95.1 Å². The number of ether oxygens (including phenoxy) is 1. The number of alkyl carbamates (subject to hydrolysis) is 1. The predicted octanol–water partition coefficient (Wildman–Crippen LogP) is 2.10. The minimum Gasteiger partial charge on any atom is -0.444 e. The van der Waals surface area contributed by atoms with Crippen LogP contribution in [0.2, 0.25) is 0 Å². The lowest BCUT2D eigenvalue weighted by Gasteiger charge is -2.25. The number of nitrogens with one attached hydrogen (secondary N) is 3. The van der Waals surface area contributed by atoms with E-state index in [4.69, 9.17) is 4.74 Å². The van der Waals surface area contributed by atoms with Crippen LogP contribution in [-0.2, 0) is 9.53 Å². The predicted molar refractivity (Wildman–Crippen MR) is 112 cm³/mol. The summed E-state index contributed by atoms with van der Waals surface area (Å²) >= 11 is 0. The van der Waals surface area contributed by atoms with Gasteiger partial charge in [0.2, 0.25) is 5.91 Å². The number of carbonyl (C=O) groups is 2. The molecule has 1 aliphatic rings. The summed E-state index contributed by atoms with van der Waals surface area (Å²) in [5.41, 5.74) is -0.532. The molecule has 0 aliphatic carbocycles. The first-order chi connectivity index (χ1) is 13.1. The van der Waals surface area contributed by atoms with Gasteiger partial charge in [0.25, 0.3) is 0 Å². The van der Waals surface area contributed by atoms with E-state index in [2.05, 4.69) is 20.9 Å². The van der Waals surface area contributed by atoms with Crippen molar-refractivity contribution in [1.29, 1.82) is 0 Å². The number of carbonyl (C=O) groups excluding carboxylic acids is 2. The van der Waals surface area contributed by atoms with Crippen molar-refractivity contribution in [1.82, 2.24) is 20.9 Å². The zero-order chi connectivity index (χ0) is 21.3. The normalized spacial score (nSPS) is 18.8. The molecule has 0 aromatic heterocycles. The first-order valence-corrected chi connectivity index (χ1v) is 10.4. The smallest absolute Gasteiger partial charge is 0.407 e. The lowest BCUT2D eigenvalue weighted by atomic mass is 10.1. The largest absolute Gasteiger partial charge is 0.444 e. The van der Waals surface area contributed by atoms with Crippen LogP contribution < -0.4 is 16.0 Å². The van der Waals surface area contributed by atoms with Crippen LogP contribution in [0, 0.1) is 5.92 Å². The summed E-state index contributed by atoms with van der Waals surface area (Å²) in [4.78, 5) is 30.5. The van der Waals surface area contributed by atoms with Crippen molar-refractivity contribution in [3.8, 4) is 0 Å². The second kappa shape index (κ2) is 11.1. The number of rotatable bonds is 7. The molecule has 2 unspecified atom stereocenters. The van der Waals surface area contributed by atoms with E-state index in [0.29, 0.717) is 25.5 Å². The summed E-state index contributed by atoms with van der Waals surface area (Å²) in [6.45, 7) is 16.2. The van der Waals surface area contributed by atoms with Gasteiger partial charge >= 0.3 is 6.09 Å². The molecule has 0 aromatic rings. The van der Waals surface area contributed by atoms with Crippen LogP contribution in [0.15, 0.2) is 4.99 Å². The lowest BCUT2D eigenvalue weighted by Crippen LogP contribution is -2.47. The van der Waals surface area contributed by atoms with Crippen LogP contribution in [-0.4, -0.2) is 66.7 Å². The first kappa shape index (κ1) is 24.0. The summed E-state index contributed by atoms with van der Waals surface area (Å²) in [5, 5.41) is 9.57. The number of guanidine groups is 1. The number of amides is 2. The molecule has 8 heteroatoms. The molecule has 1 heterocycles. The summed E-state index contributed by atoms with van der Waals surface area (Å²) in [6, 6.07) is 0.0525. The van der Waals surface area contributed by atoms with Crippen molar-refractivity contribution in [3.63, 3.8) is 0 Å². The monoisotopic (exact) mass is 397 g/mol. The number of likely N-dealkylation sites (tertiary alicyclic amines) is 1. The van der Waals surface area contributed by atoms with Gasteiger partial charge in [0.1, 0.15) is 5.60 Å². The highest BCUT2D eigenvalue weighted by molar-refractivity contribution is 5.80. The standard InChI is InChI=1S/C20H39N5O3/c1-8-17(26)25-11-10-15(13-25)23-18(21-9-2)22-12-16(14(3)4)24-19(27)28-20(5,6)7/h14-16H,8-13H2,1-7H3,(H,24,27)(H2,21,22,23). The van der Waals surface area contributed by atoms with Crippen LogP contribution in [0.3, 0.4) is 0 Å². The molecule has 2 amide bonds. The van der Waals surface area contributed by atoms with E-state index in [0.717, 1.165) is 19.5 Å². The highest BCUT2D eigenvalue weighted by Crippen LogP contribution is 2.11. The molecule has 3 N–H and O–H groups in total. The zero-order valence-electron chi connectivity index (χ0n) is 18.6. The molecule has 0 bridgehead atoms. The number of aliphatic imine (C=N–C) groups is 1. The Kier molecular flexibility index (Phi) is 9.55. The number of hydrogen-bond acceptors (Lipinski definition) is 4. The van der Waals surface area contributed by atoms with Gasteiger partial charge in [-0.05, 0) is 40.0 Å². The van der Waals surface area contributed by atoms with Crippen molar-refractivity contribution < 1.29 is 14.3 Å². The zero-order valence-corrected chi connectivity index (χ0v) is 18.6. The number of nitrogens with zero attached hydrogens (tertiary/aromatic N) is 2. The third kappa shape index (κ3) is 8.80. The Balaban J connectivity index is 2.67. The Bertz CT molecular complexity index is 542. The van der Waals surface area contributed by atoms with Crippen molar-refractivity contribution >= 4 is 18.0 Å². The molecular weight excluding hydrogens is 358 g/mol. The van der Waals surface area contributed by atoms with E-state index < -0.39 is 11.7 Å². The molecule has 28 heavy (non-hydrogen) atoms. The average Bonchev–Trinajstić information content (AvgIpc) is 3.04. The molecule has 1 aliphatic heterocycles. The molecule has 1 saturated heterocycles. The van der Waals surface area contributed by atoms with Gasteiger partial charge in [-0.3, -0.25) is 9.79 Å². The van der Waals surface area contributed by atoms with Crippen molar-refractivity contribution in [2.75, 3.05) is 26.2 Å². The van der Waals surface area contributed by atoms with Gasteiger partial charge in [-0.25, -0.2) is 4.79 Å². The Morgan fingerprint density at radius 1 is 1.25 bits per heavy atom. The van der Waals surface area contributed by atoms with Gasteiger partial charge < -0.3 is 25.6 Å². The third-order valence-electron chi connectivity index (χ3n) is 4.48. The summed E-state index contributed by atoms with van der Waals surface area (Å²) < 4.78 is 5.36. The van der Waals surface area contributed by atoms with Crippen LogP contribution >= 0.6 is 0 Å². The van der Waals surface area contributed by atoms with E-state index in [-0.39, 0.29) is 23.9 Å². The quantitative estimate of drug-likeness (QED) is 0.452. The molecule has 0 spiro atoms. The Labute approximate surface area is 169 Å². The molecule has 0 saturated carbocycles. The minimum atomic E-state index is -0.532. The maximum Gasteiger partial charge on any atom is 0.407 e. The number of hydrogen-bond donors (Lipinski definition) is 3. The summed E-state index contributed by atoms with van der Waals surface area (Å²) in [7, 11) is 0. The maximum absolute atomic E-state index is 12.1. The van der Waals surface area contributed by atoms with Crippen LogP contribution in [0.25, 0.3) is 0 Å². The SMILES string of the molecule is CCNC(=NCC(NC(=O)OC(C)(C)C)C(C)C)NC1CCN(C(=O)CC)C1. The van der Waals surface area contributed by atoms with Gasteiger partial charge in [0.15, 0.2) is 5.96 Å². The van der Waals surface area contributed by atoms with E-state index in [1.54, 1.807) is 0 Å². The Morgan fingerprint density at radius 2 is 1.93 bits per heavy atom. The molecule has 0 aromatic carbocycles. The fourth-order valence-corrected chi connectivity index (χ4v) is 2.91. The summed E-state index contributed by atoms with van der Waals surface area (Å²) in [6.07, 6.45) is 1.01. The van der Waals surface area contributed by atoms with E-state index in [1.165, 1.54) is 0 Å². The van der Waals surface area contributed by atoms with Crippen LogP contribution in [0.4, 0.5) is 4.79 Å². The van der Waals surface area contributed by atoms with Crippen molar-refractivity contribution in [2.45, 2.75) is 79.0 Å². The van der Waals surface area contributed by atoms with Gasteiger partial charge in [-0.2, -0.15) is 0 Å². The Morgan fingerprint density at radius 3 is 2.46 bits per heavy atom. The molecule has 1 rings (SSSR count). The third-order valence-corrected chi connectivity index (χ3v) is 4.48. The molecule has 1 fully saturated rings. The molecule has 2 atom stereocenters. The van der Waals surface area contributed by atoms with Gasteiger partial charge in [-0.15, -0.1) is 0 Å². The van der Waals surface area contributed by atoms with Gasteiger partial charge in [0.05, 0.1) is 12.6 Å². The second-order valence-electron chi connectivity index (χ2n) is 8.54. The van der Waals surface area contributed by atoms with Crippen molar-refractivity contribution in [2.24, 2.45) is 10.9 Å². The average molecular weight is 398 g/mol. The van der Waals surface area contributed by atoms with E-state index in [9.17, 15) is 9.59 Å². The highest BCUT2D eigenvalue weighted by atomic mass is 16.6. The first-order valence-electron chi connectivity index (χ1n) is 10.4. The van der Waals surface area contributed by atoms with E-state index >= 15 is 0 Å². The minimum absolute atomic E-state index is 0.132. The van der Waals surface area contributed by atoms with Gasteiger partial charge in [0, 0.05) is 32.1 Å². The van der Waals surface area contributed by atoms with Crippen LogP contribution in [0.1, 0.15) is 61.3 Å². The fraction of sp³-hybridized carbons (Fsp3) is 0.850.